The molecule has 0 aliphatic carbocycles. The fourth-order valence-corrected chi connectivity index (χ4v) is 2.82. The minimum Gasteiger partial charge on any atom is -0.591 e. The summed E-state index contributed by atoms with van der Waals surface area (Å²) in [5.74, 6) is 0.545. The standard InChI is InChI=1S/C18H20N4O2S/c1-18(2,3)25(23)21-12-14-11-20-22-15(6-5-7-16(14)22)13-8-9-19-17(10-13)24-4/h5-12H,1-4H3. The summed E-state index contributed by atoms with van der Waals surface area (Å²) < 4.78 is 22.9. The van der Waals surface area contributed by atoms with Crippen LogP contribution < -0.4 is 4.74 Å². The number of pyridine rings is 2. The second-order valence-corrected chi connectivity index (χ2v) is 8.42. The van der Waals surface area contributed by atoms with Gasteiger partial charge in [-0.1, -0.05) is 10.5 Å². The topological polar surface area (TPSA) is 74.8 Å². The van der Waals surface area contributed by atoms with Crippen LogP contribution in [0.1, 0.15) is 26.3 Å². The lowest BCUT2D eigenvalue weighted by Crippen LogP contribution is -2.25. The Morgan fingerprint density at radius 2 is 2.08 bits per heavy atom. The summed E-state index contributed by atoms with van der Waals surface area (Å²) in [5, 5.41) is 4.46. The largest absolute Gasteiger partial charge is 0.591 e. The molecule has 0 saturated carbocycles. The fraction of sp³-hybridized carbons (Fsp3) is 0.278. The molecule has 0 saturated heterocycles. The van der Waals surface area contributed by atoms with Gasteiger partial charge >= 0.3 is 0 Å². The molecule has 6 nitrogen and oxygen atoms in total. The van der Waals surface area contributed by atoms with E-state index in [4.69, 9.17) is 4.74 Å². The third-order valence-electron chi connectivity index (χ3n) is 3.62. The molecule has 0 fully saturated rings. The number of rotatable bonds is 4. The first-order chi connectivity index (χ1) is 11.9. The molecule has 7 heteroatoms. The molecule has 3 aromatic rings. The highest BCUT2D eigenvalue weighted by molar-refractivity contribution is 7.91. The molecule has 0 bridgehead atoms. The molecule has 0 aromatic carbocycles. The van der Waals surface area contributed by atoms with Gasteiger partial charge in [0.1, 0.15) is 16.1 Å². The van der Waals surface area contributed by atoms with E-state index < -0.39 is 16.1 Å². The van der Waals surface area contributed by atoms with E-state index in [0.29, 0.717) is 5.88 Å². The lowest BCUT2D eigenvalue weighted by atomic mass is 10.1. The lowest BCUT2D eigenvalue weighted by Gasteiger charge is -2.17. The van der Waals surface area contributed by atoms with Crippen molar-refractivity contribution in [2.75, 3.05) is 7.11 Å². The Labute approximate surface area is 149 Å². The first-order valence-electron chi connectivity index (χ1n) is 7.83. The summed E-state index contributed by atoms with van der Waals surface area (Å²) >= 11 is -1.30. The number of aromatic nitrogens is 3. The molecule has 0 aliphatic rings. The molecular formula is C18H20N4O2S. The van der Waals surface area contributed by atoms with E-state index in [0.717, 1.165) is 22.3 Å². The van der Waals surface area contributed by atoms with E-state index in [9.17, 15) is 4.55 Å². The van der Waals surface area contributed by atoms with Crippen LogP contribution in [0.3, 0.4) is 0 Å². The minimum absolute atomic E-state index is 0.391. The average molecular weight is 356 g/mol. The lowest BCUT2D eigenvalue weighted by molar-refractivity contribution is 0.398. The number of fused-ring (bicyclic) bond motifs is 1. The van der Waals surface area contributed by atoms with Crippen LogP contribution in [0.5, 0.6) is 5.88 Å². The quantitative estimate of drug-likeness (QED) is 0.531. The van der Waals surface area contributed by atoms with Gasteiger partial charge in [0.2, 0.25) is 5.88 Å². The van der Waals surface area contributed by atoms with Crippen molar-refractivity contribution < 1.29 is 9.29 Å². The first kappa shape index (κ1) is 17.4. The van der Waals surface area contributed by atoms with Crippen LogP contribution in [0.15, 0.2) is 47.1 Å². The van der Waals surface area contributed by atoms with Gasteiger partial charge in [-0.25, -0.2) is 9.50 Å². The first-order valence-corrected chi connectivity index (χ1v) is 8.94. The molecule has 0 amide bonds. The van der Waals surface area contributed by atoms with Crippen molar-refractivity contribution in [1.82, 2.24) is 14.6 Å². The van der Waals surface area contributed by atoms with E-state index in [-0.39, 0.29) is 0 Å². The summed E-state index contributed by atoms with van der Waals surface area (Å²) in [4.78, 5) is 4.13. The van der Waals surface area contributed by atoms with Crippen LogP contribution in [0, 0.1) is 0 Å². The number of hydrogen-bond acceptors (Lipinski definition) is 5. The van der Waals surface area contributed by atoms with Crippen molar-refractivity contribution >= 4 is 23.1 Å². The second-order valence-electron chi connectivity index (χ2n) is 6.49. The smallest absolute Gasteiger partial charge is 0.213 e. The Bertz CT molecular complexity index is 915. The highest BCUT2D eigenvalue weighted by Crippen LogP contribution is 2.24. The Morgan fingerprint density at radius 3 is 2.80 bits per heavy atom. The Hall–Kier alpha value is -2.38. The molecule has 1 atom stereocenters. The van der Waals surface area contributed by atoms with Gasteiger partial charge in [-0.3, -0.25) is 0 Å². The van der Waals surface area contributed by atoms with Gasteiger partial charge in [0.25, 0.3) is 0 Å². The molecule has 3 aromatic heterocycles. The predicted octanol–water partition coefficient (Wildman–Crippen LogP) is 3.29. The molecule has 0 spiro atoms. The summed E-state index contributed by atoms with van der Waals surface area (Å²) in [6.45, 7) is 5.68. The maximum absolute atomic E-state index is 12.1. The summed E-state index contributed by atoms with van der Waals surface area (Å²) in [5.41, 5.74) is 3.57. The van der Waals surface area contributed by atoms with E-state index >= 15 is 0 Å². The van der Waals surface area contributed by atoms with Crippen molar-refractivity contribution in [3.05, 3.63) is 48.3 Å². The third kappa shape index (κ3) is 3.67. The zero-order chi connectivity index (χ0) is 18.0. The Balaban J connectivity index is 2.02. The van der Waals surface area contributed by atoms with Crippen molar-refractivity contribution in [2.24, 2.45) is 4.40 Å². The van der Waals surface area contributed by atoms with Gasteiger partial charge < -0.3 is 9.29 Å². The Morgan fingerprint density at radius 1 is 1.28 bits per heavy atom. The maximum atomic E-state index is 12.1. The third-order valence-corrected chi connectivity index (χ3v) is 4.97. The second kappa shape index (κ2) is 6.85. The minimum atomic E-state index is -1.30. The maximum Gasteiger partial charge on any atom is 0.213 e. The summed E-state index contributed by atoms with van der Waals surface area (Å²) in [6, 6.07) is 9.65. The van der Waals surface area contributed by atoms with E-state index in [1.54, 1.807) is 25.7 Å². The van der Waals surface area contributed by atoms with Crippen LogP contribution in [0.2, 0.25) is 0 Å². The zero-order valence-corrected chi connectivity index (χ0v) is 15.4. The van der Waals surface area contributed by atoms with Gasteiger partial charge in [0.15, 0.2) is 0 Å². The van der Waals surface area contributed by atoms with Gasteiger partial charge in [-0.15, -0.1) is 0 Å². The number of methoxy groups -OCH3 is 1. The van der Waals surface area contributed by atoms with Crippen molar-refractivity contribution in [3.63, 3.8) is 0 Å². The predicted molar refractivity (Wildman–Crippen MR) is 100 cm³/mol. The molecule has 3 heterocycles. The SMILES string of the molecule is COc1cc(-c2cccc3c(C=N[S+]([O-])C(C)(C)C)cnn23)ccn1. The van der Waals surface area contributed by atoms with E-state index in [1.807, 2.05) is 55.6 Å². The van der Waals surface area contributed by atoms with Crippen molar-refractivity contribution in [3.8, 4) is 17.1 Å². The van der Waals surface area contributed by atoms with Crippen LogP contribution in [-0.2, 0) is 11.4 Å². The molecule has 1 unspecified atom stereocenters. The normalized spacial score (nSPS) is 13.5. The molecule has 0 radical (unpaired) electrons. The molecule has 130 valence electrons. The number of nitrogens with zero attached hydrogens (tertiary/aromatic N) is 4. The van der Waals surface area contributed by atoms with Gasteiger partial charge in [0, 0.05) is 23.4 Å². The van der Waals surface area contributed by atoms with E-state index in [2.05, 4.69) is 14.5 Å². The average Bonchev–Trinajstić information content (AvgIpc) is 3.02. The molecule has 0 aliphatic heterocycles. The van der Waals surface area contributed by atoms with E-state index in [1.165, 1.54) is 0 Å². The number of hydrogen-bond donors (Lipinski definition) is 0. The van der Waals surface area contributed by atoms with Crippen LogP contribution >= 0.6 is 0 Å². The summed E-state index contributed by atoms with van der Waals surface area (Å²) in [7, 11) is 1.59. The zero-order valence-electron chi connectivity index (χ0n) is 14.6. The van der Waals surface area contributed by atoms with Crippen molar-refractivity contribution in [1.29, 1.82) is 0 Å². The van der Waals surface area contributed by atoms with Crippen molar-refractivity contribution in [2.45, 2.75) is 25.5 Å². The molecule has 0 N–H and O–H groups in total. The molecule has 3 rings (SSSR count). The molecule has 25 heavy (non-hydrogen) atoms. The monoisotopic (exact) mass is 356 g/mol. The fourth-order valence-electron chi connectivity index (χ4n) is 2.29. The Kier molecular flexibility index (Phi) is 4.78. The van der Waals surface area contributed by atoms with Gasteiger partial charge in [-0.2, -0.15) is 5.10 Å². The van der Waals surface area contributed by atoms with Gasteiger partial charge in [-0.05, 0) is 39.0 Å². The highest BCUT2D eigenvalue weighted by Gasteiger charge is 2.26. The number of ether oxygens (including phenoxy) is 1. The summed E-state index contributed by atoms with van der Waals surface area (Å²) in [6.07, 6.45) is 5.05. The molecular weight excluding hydrogens is 336 g/mol. The van der Waals surface area contributed by atoms with Crippen LogP contribution in [0.4, 0.5) is 0 Å². The van der Waals surface area contributed by atoms with Crippen LogP contribution in [-0.4, -0.2) is 37.2 Å². The van der Waals surface area contributed by atoms with Gasteiger partial charge in [0.05, 0.1) is 30.7 Å². The van der Waals surface area contributed by atoms with Crippen LogP contribution in [0.25, 0.3) is 16.8 Å². The highest BCUT2D eigenvalue weighted by atomic mass is 32.2.